The fourth-order valence-corrected chi connectivity index (χ4v) is 3.84. The van der Waals surface area contributed by atoms with Crippen LogP contribution in [-0.2, 0) is 14.8 Å². The molecular weight excluding hydrogens is 300 g/mol. The van der Waals surface area contributed by atoms with Gasteiger partial charge in [-0.15, -0.1) is 0 Å². The van der Waals surface area contributed by atoms with Crippen molar-refractivity contribution in [1.82, 2.24) is 4.31 Å². The van der Waals surface area contributed by atoms with Gasteiger partial charge in [-0.2, -0.15) is 4.31 Å². The Balaban J connectivity index is 2.10. The highest BCUT2D eigenvalue weighted by atomic mass is 32.2. The molecule has 1 amide bonds. The van der Waals surface area contributed by atoms with Gasteiger partial charge in [-0.25, -0.2) is 8.42 Å². The lowest BCUT2D eigenvalue weighted by atomic mass is 10.0. The number of rotatable bonds is 4. The molecule has 1 saturated heterocycles. The van der Waals surface area contributed by atoms with Crippen molar-refractivity contribution in [2.45, 2.75) is 38.5 Å². The Morgan fingerprint density at radius 3 is 2.23 bits per heavy atom. The molecule has 0 spiro atoms. The number of nitrogens with zero attached hydrogens (tertiary/aromatic N) is 1. The maximum atomic E-state index is 12.6. The minimum Gasteiger partial charge on any atom is -0.326 e. The van der Waals surface area contributed by atoms with E-state index in [1.54, 1.807) is 28.6 Å². The highest BCUT2D eigenvalue weighted by molar-refractivity contribution is 7.89. The molecule has 0 aromatic heterocycles. The molecule has 0 radical (unpaired) electrons. The number of carbonyl (C=O) groups excluding carboxylic acids is 1. The molecule has 0 atom stereocenters. The highest BCUT2D eigenvalue weighted by Gasteiger charge is 2.27. The number of nitrogens with one attached hydrogen (secondary N) is 1. The molecule has 1 N–H and O–H groups in total. The van der Waals surface area contributed by atoms with Gasteiger partial charge in [0.2, 0.25) is 15.9 Å². The number of anilines is 1. The number of piperidine rings is 1. The molecule has 0 unspecified atom stereocenters. The summed E-state index contributed by atoms with van der Waals surface area (Å²) in [6.45, 7) is 6.93. The van der Waals surface area contributed by atoms with Crippen LogP contribution in [0.2, 0.25) is 0 Å². The van der Waals surface area contributed by atoms with Gasteiger partial charge in [0.1, 0.15) is 0 Å². The van der Waals surface area contributed by atoms with Gasteiger partial charge >= 0.3 is 0 Å². The second-order valence-corrected chi connectivity index (χ2v) is 8.19. The van der Waals surface area contributed by atoms with Crippen LogP contribution in [0.5, 0.6) is 0 Å². The van der Waals surface area contributed by atoms with Crippen molar-refractivity contribution in [2.24, 2.45) is 11.8 Å². The first-order valence-corrected chi connectivity index (χ1v) is 9.16. The summed E-state index contributed by atoms with van der Waals surface area (Å²) in [5.41, 5.74) is 0.616. The van der Waals surface area contributed by atoms with Gasteiger partial charge in [-0.3, -0.25) is 4.79 Å². The van der Waals surface area contributed by atoms with E-state index in [0.29, 0.717) is 24.7 Å². The normalized spacial score (nSPS) is 17.6. The Kier molecular flexibility index (Phi) is 5.24. The Morgan fingerprint density at radius 1 is 1.18 bits per heavy atom. The number of amides is 1. The molecule has 1 aromatic rings. The van der Waals surface area contributed by atoms with Crippen LogP contribution >= 0.6 is 0 Å². The molecule has 0 saturated carbocycles. The van der Waals surface area contributed by atoms with Crippen LogP contribution in [-0.4, -0.2) is 31.7 Å². The van der Waals surface area contributed by atoms with Crippen molar-refractivity contribution < 1.29 is 13.2 Å². The fraction of sp³-hybridized carbons (Fsp3) is 0.562. The quantitative estimate of drug-likeness (QED) is 0.926. The molecule has 1 aliphatic heterocycles. The van der Waals surface area contributed by atoms with E-state index in [0.717, 1.165) is 12.8 Å². The summed E-state index contributed by atoms with van der Waals surface area (Å²) in [5.74, 6) is 0.388. The van der Waals surface area contributed by atoms with E-state index in [4.69, 9.17) is 0 Å². The summed E-state index contributed by atoms with van der Waals surface area (Å²) in [7, 11) is -3.43. The summed E-state index contributed by atoms with van der Waals surface area (Å²) in [6, 6.07) is 6.39. The van der Waals surface area contributed by atoms with Gasteiger partial charge < -0.3 is 5.32 Å². The van der Waals surface area contributed by atoms with E-state index in [9.17, 15) is 13.2 Å². The topological polar surface area (TPSA) is 66.5 Å². The minimum absolute atomic E-state index is 0.0828. The van der Waals surface area contributed by atoms with Gasteiger partial charge in [-0.1, -0.05) is 20.8 Å². The lowest BCUT2D eigenvalue weighted by molar-refractivity contribution is -0.118. The van der Waals surface area contributed by atoms with Crippen molar-refractivity contribution >= 4 is 21.6 Å². The van der Waals surface area contributed by atoms with Crippen molar-refractivity contribution in [3.8, 4) is 0 Å². The molecule has 6 heteroatoms. The Labute approximate surface area is 132 Å². The van der Waals surface area contributed by atoms with Gasteiger partial charge in [0.25, 0.3) is 0 Å². The van der Waals surface area contributed by atoms with Crippen LogP contribution in [0.15, 0.2) is 29.2 Å². The Bertz CT molecular complexity index is 615. The molecule has 122 valence electrons. The van der Waals surface area contributed by atoms with Crippen LogP contribution < -0.4 is 5.32 Å². The maximum absolute atomic E-state index is 12.6. The average molecular weight is 324 g/mol. The van der Waals surface area contributed by atoms with Crippen molar-refractivity contribution in [3.63, 3.8) is 0 Å². The van der Waals surface area contributed by atoms with Gasteiger partial charge in [0.15, 0.2) is 0 Å². The highest BCUT2D eigenvalue weighted by Crippen LogP contribution is 2.24. The van der Waals surface area contributed by atoms with E-state index >= 15 is 0 Å². The summed E-state index contributed by atoms with van der Waals surface area (Å²) in [5, 5.41) is 2.76. The Hall–Kier alpha value is -1.40. The number of sulfonamides is 1. The number of hydrogen-bond acceptors (Lipinski definition) is 3. The van der Waals surface area contributed by atoms with Crippen molar-refractivity contribution in [3.05, 3.63) is 24.3 Å². The number of hydrogen-bond donors (Lipinski definition) is 1. The standard InChI is InChI=1S/C16H24N2O3S/c1-12(2)16(19)17-14-4-6-15(7-5-14)22(20,21)18-10-8-13(3)9-11-18/h4-7,12-13H,8-11H2,1-3H3,(H,17,19). The lowest BCUT2D eigenvalue weighted by Crippen LogP contribution is -2.37. The van der Waals surface area contributed by atoms with Gasteiger partial charge in [0.05, 0.1) is 4.90 Å². The molecule has 1 aliphatic rings. The van der Waals surface area contributed by atoms with Gasteiger partial charge in [0, 0.05) is 24.7 Å². The van der Waals surface area contributed by atoms with E-state index < -0.39 is 10.0 Å². The third-order valence-corrected chi connectivity index (χ3v) is 5.94. The zero-order chi connectivity index (χ0) is 16.3. The van der Waals surface area contributed by atoms with E-state index in [1.165, 1.54) is 0 Å². The maximum Gasteiger partial charge on any atom is 0.243 e. The molecule has 22 heavy (non-hydrogen) atoms. The fourth-order valence-electron chi connectivity index (χ4n) is 2.37. The molecule has 0 bridgehead atoms. The lowest BCUT2D eigenvalue weighted by Gasteiger charge is -2.29. The molecule has 2 rings (SSSR count). The molecule has 0 aliphatic carbocycles. The molecule has 1 fully saturated rings. The first-order valence-electron chi connectivity index (χ1n) is 7.72. The molecule has 1 aromatic carbocycles. The second kappa shape index (κ2) is 6.79. The van der Waals surface area contributed by atoms with Gasteiger partial charge in [-0.05, 0) is 43.0 Å². The Morgan fingerprint density at radius 2 is 1.73 bits per heavy atom. The van der Waals surface area contributed by atoms with Crippen LogP contribution in [0.25, 0.3) is 0 Å². The molecular formula is C16H24N2O3S. The third-order valence-electron chi connectivity index (χ3n) is 4.03. The molecule has 5 nitrogen and oxygen atoms in total. The smallest absolute Gasteiger partial charge is 0.243 e. The average Bonchev–Trinajstić information content (AvgIpc) is 2.48. The van der Waals surface area contributed by atoms with E-state index in [1.807, 2.05) is 13.8 Å². The van der Waals surface area contributed by atoms with E-state index in [-0.39, 0.29) is 16.7 Å². The summed E-state index contributed by atoms with van der Waals surface area (Å²) < 4.78 is 26.7. The third kappa shape index (κ3) is 3.87. The zero-order valence-electron chi connectivity index (χ0n) is 13.4. The van der Waals surface area contributed by atoms with Crippen LogP contribution in [0.4, 0.5) is 5.69 Å². The first-order chi connectivity index (χ1) is 10.3. The number of benzene rings is 1. The van der Waals surface area contributed by atoms with Crippen LogP contribution in [0, 0.1) is 11.8 Å². The predicted molar refractivity (Wildman–Crippen MR) is 87.1 cm³/mol. The van der Waals surface area contributed by atoms with E-state index in [2.05, 4.69) is 12.2 Å². The largest absolute Gasteiger partial charge is 0.326 e. The summed E-state index contributed by atoms with van der Waals surface area (Å²) in [6.07, 6.45) is 1.81. The predicted octanol–water partition coefficient (Wildman–Crippen LogP) is 2.70. The van der Waals surface area contributed by atoms with Crippen molar-refractivity contribution in [2.75, 3.05) is 18.4 Å². The SMILES string of the molecule is CC1CCN(S(=O)(=O)c2ccc(NC(=O)C(C)C)cc2)CC1. The second-order valence-electron chi connectivity index (χ2n) is 6.25. The van der Waals surface area contributed by atoms with Crippen LogP contribution in [0.3, 0.4) is 0 Å². The first kappa shape index (κ1) is 17.0. The minimum atomic E-state index is -3.43. The number of carbonyl (C=O) groups is 1. The zero-order valence-corrected chi connectivity index (χ0v) is 14.2. The van der Waals surface area contributed by atoms with Crippen molar-refractivity contribution in [1.29, 1.82) is 0 Å². The monoisotopic (exact) mass is 324 g/mol. The van der Waals surface area contributed by atoms with Crippen LogP contribution in [0.1, 0.15) is 33.6 Å². The summed E-state index contributed by atoms with van der Waals surface area (Å²) >= 11 is 0. The molecule has 1 heterocycles. The summed E-state index contributed by atoms with van der Waals surface area (Å²) in [4.78, 5) is 11.9.